The Bertz CT molecular complexity index is 480. The van der Waals surface area contributed by atoms with Gasteiger partial charge in [-0.25, -0.2) is 0 Å². The Kier molecular flexibility index (Phi) is 9.81. The summed E-state index contributed by atoms with van der Waals surface area (Å²) >= 11 is 5.79. The number of hydrogen-bond acceptors (Lipinski definition) is 3. The molecular weight excluding hydrogens is 325 g/mol. The van der Waals surface area contributed by atoms with Crippen molar-refractivity contribution in [2.45, 2.75) is 26.3 Å². The van der Waals surface area contributed by atoms with Gasteiger partial charge in [0.1, 0.15) is 6.04 Å². The van der Waals surface area contributed by atoms with E-state index in [0.29, 0.717) is 23.7 Å². The fourth-order valence-electron chi connectivity index (χ4n) is 1.83. The van der Waals surface area contributed by atoms with E-state index in [1.807, 2.05) is 13.8 Å². The maximum Gasteiger partial charge on any atom is 0.251 e. The summed E-state index contributed by atoms with van der Waals surface area (Å²) in [7, 11) is 0. The van der Waals surface area contributed by atoms with Crippen LogP contribution in [0.5, 0.6) is 0 Å². The van der Waals surface area contributed by atoms with Crippen LogP contribution in [0.1, 0.15) is 30.6 Å². The Morgan fingerprint density at radius 2 is 1.86 bits per heavy atom. The zero-order valence-corrected chi connectivity index (χ0v) is 14.3. The van der Waals surface area contributed by atoms with Crippen LogP contribution in [0.3, 0.4) is 0 Å². The SMILES string of the molecule is CCC(C)C(NC(=O)c1ccc(Cl)cc1)C(=O)NCCN.Cl. The van der Waals surface area contributed by atoms with Crippen molar-refractivity contribution in [2.75, 3.05) is 13.1 Å². The molecule has 0 heterocycles. The molecule has 7 heteroatoms. The molecule has 0 saturated heterocycles. The van der Waals surface area contributed by atoms with Crippen molar-refractivity contribution < 1.29 is 9.59 Å². The number of carbonyl (C=O) groups excluding carboxylic acids is 2. The summed E-state index contributed by atoms with van der Waals surface area (Å²) in [6.07, 6.45) is 0.779. The van der Waals surface area contributed by atoms with E-state index in [4.69, 9.17) is 17.3 Å². The predicted octanol–water partition coefficient (Wildman–Crippen LogP) is 1.98. The van der Waals surface area contributed by atoms with E-state index >= 15 is 0 Å². The second-order valence-electron chi connectivity index (χ2n) is 4.92. The van der Waals surface area contributed by atoms with Gasteiger partial charge in [-0.05, 0) is 30.2 Å². The van der Waals surface area contributed by atoms with E-state index in [0.717, 1.165) is 6.42 Å². The third-order valence-electron chi connectivity index (χ3n) is 3.33. The number of halogens is 2. The van der Waals surface area contributed by atoms with Gasteiger partial charge in [-0.3, -0.25) is 9.59 Å². The van der Waals surface area contributed by atoms with E-state index in [1.54, 1.807) is 24.3 Å². The molecular formula is C15H23Cl2N3O2. The van der Waals surface area contributed by atoms with Crippen molar-refractivity contribution in [1.82, 2.24) is 10.6 Å². The van der Waals surface area contributed by atoms with Gasteiger partial charge in [-0.15, -0.1) is 12.4 Å². The molecule has 22 heavy (non-hydrogen) atoms. The molecule has 1 aromatic carbocycles. The first-order valence-corrected chi connectivity index (χ1v) is 7.41. The Labute approximate surface area is 142 Å². The fraction of sp³-hybridized carbons (Fsp3) is 0.467. The highest BCUT2D eigenvalue weighted by Gasteiger charge is 2.25. The van der Waals surface area contributed by atoms with Crippen LogP contribution in [-0.4, -0.2) is 30.9 Å². The molecule has 0 radical (unpaired) electrons. The number of rotatable bonds is 7. The van der Waals surface area contributed by atoms with Crippen LogP contribution in [0.25, 0.3) is 0 Å². The highest BCUT2D eigenvalue weighted by Crippen LogP contribution is 2.12. The molecule has 2 atom stereocenters. The molecule has 0 saturated carbocycles. The molecule has 1 rings (SSSR count). The van der Waals surface area contributed by atoms with Crippen molar-refractivity contribution in [3.8, 4) is 0 Å². The zero-order valence-electron chi connectivity index (χ0n) is 12.8. The summed E-state index contributed by atoms with van der Waals surface area (Å²) in [5, 5.41) is 6.05. The Balaban J connectivity index is 0.00000441. The topological polar surface area (TPSA) is 84.2 Å². The smallest absolute Gasteiger partial charge is 0.251 e. The van der Waals surface area contributed by atoms with Crippen molar-refractivity contribution in [2.24, 2.45) is 11.7 Å². The normalized spacial score (nSPS) is 12.7. The maximum atomic E-state index is 12.2. The Morgan fingerprint density at radius 3 is 2.36 bits per heavy atom. The molecule has 5 nitrogen and oxygen atoms in total. The molecule has 2 unspecified atom stereocenters. The highest BCUT2D eigenvalue weighted by molar-refractivity contribution is 6.30. The van der Waals surface area contributed by atoms with Crippen LogP contribution in [0, 0.1) is 5.92 Å². The van der Waals surface area contributed by atoms with Crippen LogP contribution in [0.4, 0.5) is 0 Å². The third-order valence-corrected chi connectivity index (χ3v) is 3.58. The minimum atomic E-state index is -0.579. The molecule has 0 spiro atoms. The zero-order chi connectivity index (χ0) is 15.8. The van der Waals surface area contributed by atoms with E-state index in [1.165, 1.54) is 0 Å². The number of nitrogens with two attached hydrogens (primary N) is 1. The minimum absolute atomic E-state index is 0. The minimum Gasteiger partial charge on any atom is -0.353 e. The van der Waals surface area contributed by atoms with Crippen LogP contribution >= 0.6 is 24.0 Å². The van der Waals surface area contributed by atoms with Gasteiger partial charge in [0.05, 0.1) is 0 Å². The van der Waals surface area contributed by atoms with Gasteiger partial charge in [-0.1, -0.05) is 31.9 Å². The first-order chi connectivity index (χ1) is 9.99. The fourth-order valence-corrected chi connectivity index (χ4v) is 1.96. The van der Waals surface area contributed by atoms with Gasteiger partial charge in [0.2, 0.25) is 5.91 Å². The second-order valence-corrected chi connectivity index (χ2v) is 5.36. The molecule has 0 aromatic heterocycles. The molecule has 4 N–H and O–H groups in total. The molecule has 0 fully saturated rings. The average Bonchev–Trinajstić information content (AvgIpc) is 2.49. The lowest BCUT2D eigenvalue weighted by Gasteiger charge is -2.23. The highest BCUT2D eigenvalue weighted by atomic mass is 35.5. The largest absolute Gasteiger partial charge is 0.353 e. The summed E-state index contributed by atoms with van der Waals surface area (Å²) < 4.78 is 0. The van der Waals surface area contributed by atoms with E-state index in [2.05, 4.69) is 10.6 Å². The van der Waals surface area contributed by atoms with Crippen molar-refractivity contribution in [1.29, 1.82) is 0 Å². The molecule has 0 aliphatic heterocycles. The lowest BCUT2D eigenvalue weighted by molar-refractivity contribution is -0.124. The summed E-state index contributed by atoms with van der Waals surface area (Å²) in [6.45, 7) is 4.66. The molecule has 2 amide bonds. The van der Waals surface area contributed by atoms with E-state index < -0.39 is 6.04 Å². The number of hydrogen-bond donors (Lipinski definition) is 3. The van der Waals surface area contributed by atoms with Gasteiger partial charge >= 0.3 is 0 Å². The summed E-state index contributed by atoms with van der Waals surface area (Å²) in [5.74, 6) is -0.476. The number of amides is 2. The first-order valence-electron chi connectivity index (χ1n) is 7.03. The van der Waals surface area contributed by atoms with Crippen LogP contribution < -0.4 is 16.4 Å². The lowest BCUT2D eigenvalue weighted by atomic mass is 9.98. The summed E-state index contributed by atoms with van der Waals surface area (Å²) in [5.41, 5.74) is 5.85. The summed E-state index contributed by atoms with van der Waals surface area (Å²) in [4.78, 5) is 24.3. The third kappa shape index (κ3) is 6.22. The van der Waals surface area contributed by atoms with Crippen LogP contribution in [0.2, 0.25) is 5.02 Å². The van der Waals surface area contributed by atoms with Crippen molar-refractivity contribution in [3.63, 3.8) is 0 Å². The number of carbonyl (C=O) groups is 2. The Hall–Kier alpha value is -1.30. The predicted molar refractivity (Wildman–Crippen MR) is 91.5 cm³/mol. The Morgan fingerprint density at radius 1 is 1.27 bits per heavy atom. The standard InChI is InChI=1S/C15H22ClN3O2.ClH/c1-3-10(2)13(15(21)18-9-8-17)19-14(20)11-4-6-12(16)7-5-11;/h4-7,10,13H,3,8-9,17H2,1-2H3,(H,18,21)(H,19,20);1H. The van der Waals surface area contributed by atoms with Crippen molar-refractivity contribution in [3.05, 3.63) is 34.9 Å². The van der Waals surface area contributed by atoms with E-state index in [-0.39, 0.29) is 30.1 Å². The molecule has 0 bridgehead atoms. The van der Waals surface area contributed by atoms with Gasteiger partial charge in [-0.2, -0.15) is 0 Å². The van der Waals surface area contributed by atoms with E-state index in [9.17, 15) is 9.59 Å². The molecule has 124 valence electrons. The molecule has 0 aliphatic rings. The second kappa shape index (κ2) is 10.4. The van der Waals surface area contributed by atoms with Gasteiger partial charge in [0.25, 0.3) is 5.91 Å². The number of nitrogens with one attached hydrogen (secondary N) is 2. The lowest BCUT2D eigenvalue weighted by Crippen LogP contribution is -2.51. The quantitative estimate of drug-likeness (QED) is 0.705. The molecule has 1 aromatic rings. The van der Waals surface area contributed by atoms with Gasteiger partial charge in [0, 0.05) is 23.7 Å². The van der Waals surface area contributed by atoms with Crippen molar-refractivity contribution >= 4 is 35.8 Å². The van der Waals surface area contributed by atoms with Crippen LogP contribution in [-0.2, 0) is 4.79 Å². The maximum absolute atomic E-state index is 12.2. The monoisotopic (exact) mass is 347 g/mol. The van der Waals surface area contributed by atoms with Crippen LogP contribution in [0.15, 0.2) is 24.3 Å². The first kappa shape index (κ1) is 20.7. The van der Waals surface area contributed by atoms with Gasteiger partial charge in [0.15, 0.2) is 0 Å². The number of benzene rings is 1. The average molecular weight is 348 g/mol. The summed E-state index contributed by atoms with van der Waals surface area (Å²) in [6, 6.07) is 5.96. The molecule has 0 aliphatic carbocycles. The van der Waals surface area contributed by atoms with Gasteiger partial charge < -0.3 is 16.4 Å².